The molecule has 0 heterocycles. The Balaban J connectivity index is 3.20. The summed E-state index contributed by atoms with van der Waals surface area (Å²) in [4.78, 5) is 49.3. The molecular weight excluding hydrogens is 550 g/mol. The highest BCUT2D eigenvalue weighted by atomic mass is 16.8. The zero-order chi connectivity index (χ0) is 32.3. The number of hydrogen-bond acceptors (Lipinski definition) is 11. The van der Waals surface area contributed by atoms with E-state index in [1.165, 1.54) is 25.1 Å². The van der Waals surface area contributed by atoms with E-state index in [0.29, 0.717) is 30.7 Å². The molecule has 1 aromatic rings. The van der Waals surface area contributed by atoms with Crippen molar-refractivity contribution in [1.82, 2.24) is 0 Å². The standard InChI is InChI=1S/C30H47NO11/c1-10-28(6,7)41-26(35)39-22-13-12-21(16-23(22)40-27(36)42-29(8,9)11-2)18-30(31,24(32)33)17-20(5)38-25(34)37-15-14-19(3)4/h12-13,16,19-20H,10-11,14-15,17-18,31H2,1-9H3,(H,32,33)/t20-,30?/m0/s1. The Morgan fingerprint density at radius 1 is 0.857 bits per heavy atom. The average molecular weight is 598 g/mol. The van der Waals surface area contributed by atoms with Crippen molar-refractivity contribution in [2.45, 2.75) is 117 Å². The van der Waals surface area contributed by atoms with Gasteiger partial charge >= 0.3 is 24.4 Å². The molecule has 0 spiro atoms. The SMILES string of the molecule is CCC(C)(C)OC(=O)Oc1ccc(CC(N)(C[C@H](C)OC(=O)OCCC(C)C)C(=O)O)cc1OC(=O)OC(C)(C)CC. The van der Waals surface area contributed by atoms with Gasteiger partial charge in [0, 0.05) is 12.8 Å². The molecule has 12 nitrogen and oxygen atoms in total. The lowest BCUT2D eigenvalue weighted by atomic mass is 9.86. The Kier molecular flexibility index (Phi) is 13.6. The molecular formula is C30H47NO11. The van der Waals surface area contributed by atoms with Gasteiger partial charge in [0.25, 0.3) is 0 Å². The molecule has 0 bridgehead atoms. The van der Waals surface area contributed by atoms with Crippen LogP contribution in [0.5, 0.6) is 11.5 Å². The van der Waals surface area contributed by atoms with Gasteiger partial charge in [-0.15, -0.1) is 0 Å². The molecule has 42 heavy (non-hydrogen) atoms. The van der Waals surface area contributed by atoms with E-state index >= 15 is 0 Å². The van der Waals surface area contributed by atoms with Gasteiger partial charge in [-0.2, -0.15) is 0 Å². The summed E-state index contributed by atoms with van der Waals surface area (Å²) >= 11 is 0. The van der Waals surface area contributed by atoms with Gasteiger partial charge in [0.15, 0.2) is 11.5 Å². The number of carboxylic acid groups (broad SMARTS) is 1. The molecule has 0 aromatic heterocycles. The molecule has 238 valence electrons. The largest absolute Gasteiger partial charge is 0.514 e. The van der Waals surface area contributed by atoms with Gasteiger partial charge in [-0.3, -0.25) is 4.79 Å². The van der Waals surface area contributed by atoms with E-state index in [1.807, 2.05) is 27.7 Å². The lowest BCUT2D eigenvalue weighted by Gasteiger charge is -2.28. The van der Waals surface area contributed by atoms with E-state index < -0.39 is 47.3 Å². The molecule has 3 N–H and O–H groups in total. The van der Waals surface area contributed by atoms with Gasteiger partial charge in [-0.25, -0.2) is 14.4 Å². The zero-order valence-corrected chi connectivity index (χ0v) is 26.2. The number of benzene rings is 1. The first-order valence-electron chi connectivity index (χ1n) is 14.1. The predicted molar refractivity (Wildman–Crippen MR) is 154 cm³/mol. The van der Waals surface area contributed by atoms with Gasteiger partial charge in [0.2, 0.25) is 0 Å². The van der Waals surface area contributed by atoms with Crippen LogP contribution in [0.3, 0.4) is 0 Å². The van der Waals surface area contributed by atoms with Crippen molar-refractivity contribution in [2.24, 2.45) is 11.7 Å². The Morgan fingerprint density at radius 3 is 1.86 bits per heavy atom. The van der Waals surface area contributed by atoms with E-state index in [9.17, 15) is 24.3 Å². The van der Waals surface area contributed by atoms with Crippen molar-refractivity contribution in [1.29, 1.82) is 0 Å². The summed E-state index contributed by atoms with van der Waals surface area (Å²) in [6, 6.07) is 4.12. The molecule has 0 amide bonds. The topological polar surface area (TPSA) is 170 Å². The molecule has 0 aliphatic rings. The first-order valence-corrected chi connectivity index (χ1v) is 14.1. The quantitative estimate of drug-likeness (QED) is 0.130. The van der Waals surface area contributed by atoms with E-state index in [1.54, 1.807) is 27.7 Å². The van der Waals surface area contributed by atoms with Gasteiger partial charge in [0.05, 0.1) is 6.61 Å². The summed E-state index contributed by atoms with van der Waals surface area (Å²) in [5.74, 6) is -1.37. The fraction of sp³-hybridized carbons (Fsp3) is 0.667. The second kappa shape index (κ2) is 15.6. The van der Waals surface area contributed by atoms with Crippen molar-refractivity contribution in [3.8, 4) is 11.5 Å². The van der Waals surface area contributed by atoms with Gasteiger partial charge in [-0.05, 0) is 77.5 Å². The highest BCUT2D eigenvalue weighted by Gasteiger charge is 2.37. The zero-order valence-electron chi connectivity index (χ0n) is 26.2. The second-order valence-corrected chi connectivity index (χ2v) is 12.0. The van der Waals surface area contributed by atoms with Crippen LogP contribution in [0.4, 0.5) is 14.4 Å². The van der Waals surface area contributed by atoms with Crippen molar-refractivity contribution in [3.05, 3.63) is 23.8 Å². The fourth-order valence-corrected chi connectivity index (χ4v) is 3.37. The third-order valence-corrected chi connectivity index (χ3v) is 6.63. The van der Waals surface area contributed by atoms with E-state index in [0.717, 1.165) is 0 Å². The Bertz CT molecular complexity index is 1080. The third kappa shape index (κ3) is 13.0. The normalized spacial score (nSPS) is 13.9. The summed E-state index contributed by atoms with van der Waals surface area (Å²) < 4.78 is 31.6. The minimum absolute atomic E-state index is 0.152. The number of carboxylic acids is 1. The monoisotopic (exact) mass is 597 g/mol. The van der Waals surface area contributed by atoms with Crippen LogP contribution in [-0.2, 0) is 30.2 Å². The molecule has 0 aliphatic heterocycles. The molecule has 0 radical (unpaired) electrons. The smallest absolute Gasteiger partial charge is 0.480 e. The van der Waals surface area contributed by atoms with Crippen LogP contribution < -0.4 is 15.2 Å². The number of carbonyl (C=O) groups excluding carboxylic acids is 3. The number of aliphatic carboxylic acids is 1. The number of carbonyl (C=O) groups is 4. The Morgan fingerprint density at radius 2 is 1.38 bits per heavy atom. The highest BCUT2D eigenvalue weighted by molar-refractivity contribution is 5.79. The lowest BCUT2D eigenvalue weighted by molar-refractivity contribution is -0.144. The average Bonchev–Trinajstić information content (AvgIpc) is 2.84. The Labute approximate surface area is 248 Å². The summed E-state index contributed by atoms with van der Waals surface area (Å²) in [6.45, 7) is 16.1. The number of nitrogens with two attached hydrogens (primary N) is 1. The highest BCUT2D eigenvalue weighted by Crippen LogP contribution is 2.32. The maximum atomic E-state index is 12.6. The van der Waals surface area contributed by atoms with Crippen LogP contribution in [0.2, 0.25) is 0 Å². The number of hydrogen-bond donors (Lipinski definition) is 2. The molecule has 1 aromatic carbocycles. The Hall–Kier alpha value is -3.54. The molecule has 1 unspecified atom stereocenters. The molecule has 0 aliphatic carbocycles. The maximum absolute atomic E-state index is 12.6. The van der Waals surface area contributed by atoms with Crippen LogP contribution in [0.25, 0.3) is 0 Å². The lowest BCUT2D eigenvalue weighted by Crippen LogP contribution is -2.52. The van der Waals surface area contributed by atoms with Gasteiger partial charge < -0.3 is 39.3 Å². The van der Waals surface area contributed by atoms with E-state index in [-0.39, 0.29) is 30.9 Å². The van der Waals surface area contributed by atoms with Crippen LogP contribution in [0.15, 0.2) is 18.2 Å². The van der Waals surface area contributed by atoms with Crippen LogP contribution in [0, 0.1) is 5.92 Å². The summed E-state index contributed by atoms with van der Waals surface area (Å²) in [6.07, 6.45) is -2.70. The number of rotatable bonds is 15. The summed E-state index contributed by atoms with van der Waals surface area (Å²) in [5.41, 5.74) is 3.09. The van der Waals surface area contributed by atoms with Crippen LogP contribution >= 0.6 is 0 Å². The first-order chi connectivity index (χ1) is 19.3. The first kappa shape index (κ1) is 36.5. The molecule has 2 atom stereocenters. The molecule has 1 rings (SSSR count). The van der Waals surface area contributed by atoms with Crippen LogP contribution in [-0.4, -0.2) is 59.0 Å². The van der Waals surface area contributed by atoms with Crippen LogP contribution in [0.1, 0.15) is 93.6 Å². The van der Waals surface area contributed by atoms with E-state index in [2.05, 4.69) is 0 Å². The van der Waals surface area contributed by atoms with E-state index in [4.69, 9.17) is 34.2 Å². The minimum atomic E-state index is -1.88. The molecule has 0 fully saturated rings. The molecule has 0 saturated carbocycles. The summed E-state index contributed by atoms with van der Waals surface area (Å²) in [5, 5.41) is 9.97. The van der Waals surface area contributed by atoms with Gasteiger partial charge in [-0.1, -0.05) is 33.8 Å². The third-order valence-electron chi connectivity index (χ3n) is 6.63. The fourth-order valence-electron chi connectivity index (χ4n) is 3.37. The number of ether oxygens (including phenoxy) is 6. The molecule has 12 heteroatoms. The summed E-state index contributed by atoms with van der Waals surface area (Å²) in [7, 11) is 0. The van der Waals surface area contributed by atoms with Crippen molar-refractivity contribution in [2.75, 3.05) is 6.61 Å². The predicted octanol–water partition coefficient (Wildman–Crippen LogP) is 6.40. The van der Waals surface area contributed by atoms with Crippen molar-refractivity contribution >= 4 is 24.4 Å². The van der Waals surface area contributed by atoms with Gasteiger partial charge in [0.1, 0.15) is 22.8 Å². The second-order valence-electron chi connectivity index (χ2n) is 12.0. The van der Waals surface area contributed by atoms with Crippen molar-refractivity contribution < 1.29 is 52.7 Å². The molecule has 0 saturated heterocycles. The van der Waals surface area contributed by atoms with Crippen molar-refractivity contribution in [3.63, 3.8) is 0 Å². The maximum Gasteiger partial charge on any atom is 0.514 e. The minimum Gasteiger partial charge on any atom is -0.480 e.